The Hall–Kier alpha value is -3.93. The van der Waals surface area contributed by atoms with E-state index in [1.807, 2.05) is 19.1 Å². The number of fused-ring (bicyclic) bond motifs is 2. The average Bonchev–Trinajstić information content (AvgIpc) is 3.44. The number of carbonyl (C=O) groups excluding carboxylic acids is 3. The van der Waals surface area contributed by atoms with Gasteiger partial charge >= 0.3 is 4.87 Å². The van der Waals surface area contributed by atoms with Gasteiger partial charge in [0.25, 0.3) is 5.91 Å². The normalized spacial score (nSPS) is 19.6. The largest absolute Gasteiger partial charge is 0.483 e. The van der Waals surface area contributed by atoms with E-state index in [0.717, 1.165) is 33.6 Å². The minimum absolute atomic E-state index is 0.252. The number of nitrogens with zero attached hydrogens (tertiary/aromatic N) is 1. The first kappa shape index (κ1) is 27.3. The van der Waals surface area contributed by atoms with Crippen molar-refractivity contribution < 1.29 is 23.5 Å². The highest BCUT2D eigenvalue weighted by Crippen LogP contribution is 2.54. The van der Waals surface area contributed by atoms with E-state index in [2.05, 4.69) is 10.3 Å². The molecule has 0 radical (unpaired) electrons. The first-order chi connectivity index (χ1) is 19.7. The van der Waals surface area contributed by atoms with Gasteiger partial charge in [0, 0.05) is 27.1 Å². The number of halogens is 2. The van der Waals surface area contributed by atoms with Gasteiger partial charge in [-0.15, -0.1) is 0 Å². The topological polar surface area (TPSA) is 109 Å². The van der Waals surface area contributed by atoms with Crippen molar-refractivity contribution in [2.24, 2.45) is 5.92 Å². The number of aromatic amines is 1. The minimum Gasteiger partial charge on any atom is -0.483 e. The van der Waals surface area contributed by atoms with Gasteiger partial charge in [0.1, 0.15) is 16.8 Å². The van der Waals surface area contributed by atoms with E-state index in [1.165, 1.54) is 24.3 Å². The zero-order valence-electron chi connectivity index (χ0n) is 21.4. The van der Waals surface area contributed by atoms with E-state index in [9.17, 15) is 23.6 Å². The molecule has 4 aromatic rings. The van der Waals surface area contributed by atoms with Gasteiger partial charge in [-0.05, 0) is 61.5 Å². The van der Waals surface area contributed by atoms with Crippen molar-refractivity contribution in [1.82, 2.24) is 4.98 Å². The Kier molecular flexibility index (Phi) is 7.18. The van der Waals surface area contributed by atoms with E-state index in [1.54, 1.807) is 30.3 Å². The van der Waals surface area contributed by atoms with Gasteiger partial charge < -0.3 is 15.0 Å². The number of benzene rings is 3. The number of amides is 3. The quantitative estimate of drug-likeness (QED) is 0.285. The summed E-state index contributed by atoms with van der Waals surface area (Å²) in [7, 11) is 0. The zero-order valence-corrected chi connectivity index (χ0v) is 23.7. The van der Waals surface area contributed by atoms with Gasteiger partial charge in [0.15, 0.2) is 6.61 Å². The van der Waals surface area contributed by atoms with Crippen molar-refractivity contribution >= 4 is 63.8 Å². The van der Waals surface area contributed by atoms with Crippen LogP contribution in [0.2, 0.25) is 5.02 Å². The van der Waals surface area contributed by atoms with Gasteiger partial charge in [0.05, 0.1) is 16.6 Å². The second kappa shape index (κ2) is 10.8. The molecule has 0 bridgehead atoms. The third-order valence-electron chi connectivity index (χ3n) is 6.91. The number of thiazole rings is 1. The summed E-state index contributed by atoms with van der Waals surface area (Å²) < 4.78 is 19.5. The van der Waals surface area contributed by atoms with E-state index < -0.39 is 40.6 Å². The van der Waals surface area contributed by atoms with Crippen molar-refractivity contribution in [1.29, 1.82) is 0 Å². The van der Waals surface area contributed by atoms with E-state index in [-0.39, 0.29) is 22.9 Å². The van der Waals surface area contributed by atoms with Crippen LogP contribution in [0.1, 0.15) is 21.9 Å². The van der Waals surface area contributed by atoms with Crippen LogP contribution < -0.4 is 19.8 Å². The number of ether oxygens (including phenoxy) is 1. The lowest BCUT2D eigenvalue weighted by atomic mass is 9.82. The molecule has 2 aliphatic heterocycles. The number of anilines is 2. The monoisotopic (exact) mass is 609 g/mol. The molecule has 1 fully saturated rings. The number of H-pyrrole nitrogens is 1. The summed E-state index contributed by atoms with van der Waals surface area (Å²) >= 11 is 8.46. The number of hydrogen-bond donors (Lipinski definition) is 2. The van der Waals surface area contributed by atoms with E-state index in [0.29, 0.717) is 26.2 Å². The maximum atomic E-state index is 13.9. The minimum atomic E-state index is -0.904. The number of aromatic nitrogens is 1. The lowest BCUT2D eigenvalue weighted by Gasteiger charge is -2.31. The molecule has 8 nitrogen and oxygen atoms in total. The summed E-state index contributed by atoms with van der Waals surface area (Å²) in [6.45, 7) is 1.61. The van der Waals surface area contributed by atoms with Crippen LogP contribution in [0.25, 0.3) is 0 Å². The molecule has 3 heterocycles. The molecule has 0 aliphatic carbocycles. The third kappa shape index (κ3) is 5.16. The lowest BCUT2D eigenvalue weighted by molar-refractivity contribution is -0.122. The van der Waals surface area contributed by atoms with Crippen LogP contribution in [0.4, 0.5) is 15.8 Å². The van der Waals surface area contributed by atoms with Crippen LogP contribution >= 0.6 is 34.7 Å². The fourth-order valence-corrected chi connectivity index (χ4v) is 7.75. The summed E-state index contributed by atoms with van der Waals surface area (Å²) in [6.07, 6.45) is 0. The van der Waals surface area contributed by atoms with Crippen molar-refractivity contribution in [3.05, 3.63) is 103 Å². The second-order valence-electron chi connectivity index (χ2n) is 9.62. The molecule has 3 atom stereocenters. The first-order valence-corrected chi connectivity index (χ1v) is 14.6. The van der Waals surface area contributed by atoms with Crippen LogP contribution in [0.15, 0.2) is 76.6 Å². The van der Waals surface area contributed by atoms with Gasteiger partial charge in [-0.3, -0.25) is 19.2 Å². The SMILES string of the molecule is Cc1ccc(NC(=O)COc2ccc(Cl)cc2C2c3sc(=O)[nH]c3SC3C(=O)N(c4ccc(F)cc4)C(=O)C32)cc1. The predicted octanol–water partition coefficient (Wildman–Crippen LogP) is 5.35. The van der Waals surface area contributed by atoms with Gasteiger partial charge in [0.2, 0.25) is 11.8 Å². The molecule has 3 aromatic carbocycles. The lowest BCUT2D eigenvalue weighted by Crippen LogP contribution is -2.32. The Morgan fingerprint density at radius 2 is 1.78 bits per heavy atom. The van der Waals surface area contributed by atoms with Crippen molar-refractivity contribution in [2.45, 2.75) is 23.1 Å². The van der Waals surface area contributed by atoms with Crippen LogP contribution in [-0.4, -0.2) is 34.6 Å². The van der Waals surface area contributed by atoms with Gasteiger partial charge in [-0.1, -0.05) is 52.4 Å². The van der Waals surface area contributed by atoms with Crippen LogP contribution in [0, 0.1) is 18.7 Å². The molecule has 41 heavy (non-hydrogen) atoms. The van der Waals surface area contributed by atoms with E-state index in [4.69, 9.17) is 16.3 Å². The van der Waals surface area contributed by atoms with Crippen molar-refractivity contribution in [3.8, 4) is 5.75 Å². The maximum Gasteiger partial charge on any atom is 0.305 e. The molecule has 3 amide bonds. The first-order valence-electron chi connectivity index (χ1n) is 12.5. The number of nitrogens with one attached hydrogen (secondary N) is 2. The summed E-state index contributed by atoms with van der Waals surface area (Å²) in [5, 5.41) is 2.75. The highest BCUT2D eigenvalue weighted by molar-refractivity contribution is 8.00. The number of imide groups is 1. The second-order valence-corrected chi connectivity index (χ2v) is 12.2. The average molecular weight is 610 g/mol. The number of thioether (sulfide) groups is 1. The Morgan fingerprint density at radius 1 is 1.05 bits per heavy atom. The molecule has 6 rings (SSSR count). The Balaban J connectivity index is 1.36. The van der Waals surface area contributed by atoms with Crippen LogP contribution in [0.5, 0.6) is 5.75 Å². The molecule has 0 saturated carbocycles. The molecule has 2 N–H and O–H groups in total. The number of hydrogen-bond acceptors (Lipinski definition) is 7. The van der Waals surface area contributed by atoms with Crippen molar-refractivity contribution in [3.63, 3.8) is 0 Å². The molecule has 208 valence electrons. The fourth-order valence-electron chi connectivity index (χ4n) is 5.07. The smallest absolute Gasteiger partial charge is 0.305 e. The Bertz CT molecular complexity index is 1740. The third-order valence-corrected chi connectivity index (χ3v) is 9.55. The number of carbonyl (C=O) groups is 3. The Morgan fingerprint density at radius 3 is 2.51 bits per heavy atom. The predicted molar refractivity (Wildman–Crippen MR) is 156 cm³/mol. The van der Waals surface area contributed by atoms with Crippen LogP contribution in [-0.2, 0) is 14.4 Å². The standard InChI is InChI=1S/C29H21ClFN3O5S2/c1-14-2-7-17(8-3-14)32-21(35)13-39-20-11-4-15(30)12-19(20)22-23-25(40-26-24(22)41-29(38)33-26)28(37)34(27(23)36)18-9-5-16(31)6-10-18/h2-12,22-23,25H,13H2,1H3,(H,32,35)(H,33,38). The summed E-state index contributed by atoms with van der Waals surface area (Å²) in [5.74, 6) is -3.23. The molecular weight excluding hydrogens is 589 g/mol. The highest BCUT2D eigenvalue weighted by Gasteiger charge is 2.56. The van der Waals surface area contributed by atoms with Gasteiger partial charge in [-0.25, -0.2) is 9.29 Å². The van der Waals surface area contributed by atoms with E-state index >= 15 is 0 Å². The molecule has 12 heteroatoms. The molecule has 0 spiro atoms. The maximum absolute atomic E-state index is 13.9. The Labute approximate surface area is 246 Å². The summed E-state index contributed by atoms with van der Waals surface area (Å²) in [4.78, 5) is 56.7. The summed E-state index contributed by atoms with van der Waals surface area (Å²) in [5.41, 5.74) is 2.39. The fraction of sp³-hybridized carbons (Fsp3) is 0.172. The van der Waals surface area contributed by atoms with Crippen LogP contribution in [0.3, 0.4) is 0 Å². The van der Waals surface area contributed by atoms with Crippen molar-refractivity contribution in [2.75, 3.05) is 16.8 Å². The number of rotatable bonds is 6. The molecule has 1 aromatic heterocycles. The highest BCUT2D eigenvalue weighted by atomic mass is 35.5. The number of aryl methyl sites for hydroxylation is 1. The zero-order chi connectivity index (χ0) is 28.8. The van der Waals surface area contributed by atoms with Gasteiger partial charge in [-0.2, -0.15) is 0 Å². The molecule has 2 aliphatic rings. The molecular formula is C29H21ClFN3O5S2. The molecule has 3 unspecified atom stereocenters. The summed E-state index contributed by atoms with van der Waals surface area (Å²) in [6, 6.07) is 17.3. The molecule has 1 saturated heterocycles.